The number of anilines is 2. The number of rotatable bonds is 5. The zero-order valence-corrected chi connectivity index (χ0v) is 18.3. The zero-order chi connectivity index (χ0) is 23.7. The Kier molecular flexibility index (Phi) is 5.60. The van der Waals surface area contributed by atoms with Gasteiger partial charge >= 0.3 is 11.3 Å². The molecule has 0 saturated heterocycles. The summed E-state index contributed by atoms with van der Waals surface area (Å²) in [6.07, 6.45) is 1.81. The van der Waals surface area contributed by atoms with Crippen LogP contribution in [0.15, 0.2) is 44.8 Å². The smallest absolute Gasteiger partial charge is 0.383 e. The van der Waals surface area contributed by atoms with Crippen molar-refractivity contribution in [2.75, 3.05) is 11.1 Å². The molecule has 1 unspecified atom stereocenters. The fourth-order valence-corrected chi connectivity index (χ4v) is 4.24. The summed E-state index contributed by atoms with van der Waals surface area (Å²) in [5.41, 5.74) is 6.51. The SMILES string of the molecule is CC(Sc1nc(N)c(C#N)c(-c2c(=O)o[nH][n+]2C)c1C#N)C(=O)Nc1ccc2[nH]ccc2c1. The number of nitriles is 2. The van der Waals surface area contributed by atoms with Gasteiger partial charge in [0.2, 0.25) is 5.91 Å². The lowest BCUT2D eigenvalue weighted by molar-refractivity contribution is -0.730. The Bertz CT molecular complexity index is 1540. The number of carbonyl (C=O) groups is 1. The molecule has 3 heterocycles. The van der Waals surface area contributed by atoms with Crippen LogP contribution in [0.25, 0.3) is 22.2 Å². The van der Waals surface area contributed by atoms with Crippen LogP contribution >= 0.6 is 11.8 Å². The van der Waals surface area contributed by atoms with Gasteiger partial charge in [0.25, 0.3) is 0 Å². The van der Waals surface area contributed by atoms with E-state index in [0.717, 1.165) is 22.7 Å². The highest BCUT2D eigenvalue weighted by molar-refractivity contribution is 8.00. The Morgan fingerprint density at radius 3 is 2.73 bits per heavy atom. The Morgan fingerprint density at radius 1 is 1.30 bits per heavy atom. The lowest BCUT2D eigenvalue weighted by Gasteiger charge is -2.14. The molecule has 164 valence electrons. The number of nitrogen functional groups attached to an aromatic ring is 1. The first-order chi connectivity index (χ1) is 15.8. The zero-order valence-electron chi connectivity index (χ0n) is 17.5. The van der Waals surface area contributed by atoms with Crippen molar-refractivity contribution in [1.82, 2.24) is 15.2 Å². The van der Waals surface area contributed by atoms with Crippen LogP contribution in [-0.4, -0.2) is 26.4 Å². The van der Waals surface area contributed by atoms with Crippen molar-refractivity contribution >= 4 is 40.1 Å². The van der Waals surface area contributed by atoms with Gasteiger partial charge < -0.3 is 16.0 Å². The summed E-state index contributed by atoms with van der Waals surface area (Å²) in [5.74, 6) is -0.489. The maximum absolute atomic E-state index is 12.8. The minimum Gasteiger partial charge on any atom is -0.383 e. The summed E-state index contributed by atoms with van der Waals surface area (Å²) in [5, 5.41) is 25.0. The highest BCUT2D eigenvalue weighted by atomic mass is 32.2. The summed E-state index contributed by atoms with van der Waals surface area (Å²) < 4.78 is 6.00. The van der Waals surface area contributed by atoms with Crippen LogP contribution in [0, 0.1) is 22.7 Å². The molecule has 0 saturated carbocycles. The molecule has 1 aromatic carbocycles. The molecule has 0 aliphatic rings. The number of aromatic nitrogens is 4. The average Bonchev–Trinajstić information content (AvgIpc) is 3.38. The van der Waals surface area contributed by atoms with Crippen LogP contribution in [0.2, 0.25) is 0 Å². The number of nitrogens with two attached hydrogens (primary N) is 1. The van der Waals surface area contributed by atoms with Gasteiger partial charge in [-0.15, -0.1) is 0 Å². The summed E-state index contributed by atoms with van der Waals surface area (Å²) in [4.78, 5) is 32.3. The molecule has 11 nitrogen and oxygen atoms in total. The quantitative estimate of drug-likeness (QED) is 0.256. The average molecular weight is 461 g/mol. The molecule has 0 fully saturated rings. The summed E-state index contributed by atoms with van der Waals surface area (Å²) in [6.45, 7) is 1.65. The number of nitrogens with zero attached hydrogens (tertiary/aromatic N) is 4. The van der Waals surface area contributed by atoms with Crippen molar-refractivity contribution in [3.8, 4) is 23.4 Å². The molecule has 0 aliphatic heterocycles. The van der Waals surface area contributed by atoms with E-state index in [4.69, 9.17) is 10.3 Å². The van der Waals surface area contributed by atoms with E-state index in [1.165, 1.54) is 11.7 Å². The fourth-order valence-electron chi connectivity index (χ4n) is 3.33. The maximum atomic E-state index is 12.8. The monoisotopic (exact) mass is 461 g/mol. The minimum absolute atomic E-state index is 0.00184. The number of hydrogen-bond donors (Lipinski definition) is 4. The molecule has 12 heteroatoms. The molecular formula is C21H17N8O3S+. The van der Waals surface area contributed by atoms with Crippen LogP contribution in [0.1, 0.15) is 18.1 Å². The number of pyridine rings is 1. The van der Waals surface area contributed by atoms with Crippen molar-refractivity contribution in [3.63, 3.8) is 0 Å². The molecule has 0 bridgehead atoms. The lowest BCUT2D eigenvalue weighted by atomic mass is 10.0. The topological polar surface area (TPSA) is 181 Å². The maximum Gasteiger partial charge on any atom is 0.435 e. The molecule has 1 atom stereocenters. The number of hydrogen-bond acceptors (Lipinski definition) is 8. The van der Waals surface area contributed by atoms with Gasteiger partial charge in [-0.1, -0.05) is 16.4 Å². The first-order valence-electron chi connectivity index (χ1n) is 9.60. The highest BCUT2D eigenvalue weighted by Crippen LogP contribution is 2.35. The van der Waals surface area contributed by atoms with Gasteiger partial charge in [0.05, 0.1) is 10.8 Å². The molecule has 4 rings (SSSR count). The van der Waals surface area contributed by atoms with E-state index in [9.17, 15) is 20.1 Å². The van der Waals surface area contributed by atoms with Crippen LogP contribution in [-0.2, 0) is 11.8 Å². The van der Waals surface area contributed by atoms with Crippen molar-refractivity contribution in [3.05, 3.63) is 52.0 Å². The van der Waals surface area contributed by atoms with Gasteiger partial charge in [-0.25, -0.2) is 9.78 Å². The van der Waals surface area contributed by atoms with E-state index in [1.807, 2.05) is 36.5 Å². The Hall–Kier alpha value is -4.55. The number of aromatic amines is 2. The molecule has 0 spiro atoms. The van der Waals surface area contributed by atoms with Crippen molar-refractivity contribution < 1.29 is 14.0 Å². The molecule has 1 amide bonds. The Labute approximate surface area is 190 Å². The number of fused-ring (bicyclic) bond motifs is 1. The van der Waals surface area contributed by atoms with Gasteiger partial charge in [-0.05, 0) is 36.5 Å². The van der Waals surface area contributed by atoms with Gasteiger partial charge in [0.15, 0.2) is 7.05 Å². The van der Waals surface area contributed by atoms with E-state index in [1.54, 1.807) is 13.0 Å². The molecule has 0 radical (unpaired) electrons. The predicted molar refractivity (Wildman–Crippen MR) is 120 cm³/mol. The third-order valence-corrected chi connectivity index (χ3v) is 6.02. The fraction of sp³-hybridized carbons (Fsp3) is 0.143. The van der Waals surface area contributed by atoms with Crippen molar-refractivity contribution in [1.29, 1.82) is 10.5 Å². The van der Waals surface area contributed by atoms with E-state index in [0.29, 0.717) is 5.69 Å². The van der Waals surface area contributed by atoms with Crippen molar-refractivity contribution in [2.24, 2.45) is 7.05 Å². The summed E-state index contributed by atoms with van der Waals surface area (Å²) >= 11 is 0.991. The minimum atomic E-state index is -0.780. The lowest BCUT2D eigenvalue weighted by Crippen LogP contribution is -2.34. The molecule has 4 aromatic rings. The van der Waals surface area contributed by atoms with Gasteiger partial charge in [-0.2, -0.15) is 10.5 Å². The molecule has 5 N–H and O–H groups in total. The largest absolute Gasteiger partial charge is 0.435 e. The predicted octanol–water partition coefficient (Wildman–Crippen LogP) is 1.78. The summed E-state index contributed by atoms with van der Waals surface area (Å²) in [6, 6.07) is 11.2. The molecule has 33 heavy (non-hydrogen) atoms. The van der Waals surface area contributed by atoms with Gasteiger partial charge in [0.1, 0.15) is 34.1 Å². The van der Waals surface area contributed by atoms with E-state index >= 15 is 0 Å². The molecule has 3 aromatic heterocycles. The van der Waals surface area contributed by atoms with E-state index in [-0.39, 0.29) is 39.1 Å². The Morgan fingerprint density at radius 2 is 2.06 bits per heavy atom. The second kappa shape index (κ2) is 8.53. The third-order valence-electron chi connectivity index (χ3n) is 4.93. The van der Waals surface area contributed by atoms with Crippen molar-refractivity contribution in [2.45, 2.75) is 17.2 Å². The Balaban J connectivity index is 1.69. The second-order valence-electron chi connectivity index (χ2n) is 7.07. The standard InChI is InChI=1S/C21H16N8O3S/c1-10(19(30)26-12-3-4-15-11(7-12)5-6-25-15)33-20-14(9-23)16(13(8-22)18(24)27-20)17-21(31)32-28-29(17)2/h3-7,10,22,28H,1-2H3,(H2,24,27,31)/p+1. The molecular weight excluding hydrogens is 444 g/mol. The number of benzene rings is 1. The van der Waals surface area contributed by atoms with Crippen LogP contribution in [0.5, 0.6) is 0 Å². The second-order valence-corrected chi connectivity index (χ2v) is 8.40. The number of amides is 1. The number of nitrogens with one attached hydrogen (secondary N) is 3. The van der Waals surface area contributed by atoms with Crippen LogP contribution < -0.4 is 21.4 Å². The highest BCUT2D eigenvalue weighted by Gasteiger charge is 2.32. The first kappa shape index (κ1) is 21.7. The number of H-pyrrole nitrogens is 2. The van der Waals surface area contributed by atoms with Gasteiger partial charge in [0, 0.05) is 22.8 Å². The number of thioether (sulfide) groups is 1. The normalized spacial score (nSPS) is 11.6. The number of carbonyl (C=O) groups excluding carboxylic acids is 1. The first-order valence-corrected chi connectivity index (χ1v) is 10.5. The molecule has 0 aliphatic carbocycles. The number of aryl methyl sites for hydroxylation is 1. The van der Waals surface area contributed by atoms with Gasteiger partial charge in [-0.3, -0.25) is 9.32 Å². The van der Waals surface area contributed by atoms with E-state index in [2.05, 4.69) is 20.6 Å². The third kappa shape index (κ3) is 3.91. The van der Waals surface area contributed by atoms with Crippen LogP contribution in [0.3, 0.4) is 0 Å². The summed E-state index contributed by atoms with van der Waals surface area (Å²) in [7, 11) is 1.49. The van der Waals surface area contributed by atoms with Crippen LogP contribution in [0.4, 0.5) is 11.5 Å². The van der Waals surface area contributed by atoms with E-state index < -0.39 is 10.9 Å².